The van der Waals surface area contributed by atoms with E-state index in [9.17, 15) is 4.79 Å². The highest BCUT2D eigenvalue weighted by Gasteiger charge is 2.13. The van der Waals surface area contributed by atoms with Crippen molar-refractivity contribution < 1.29 is 4.79 Å². The van der Waals surface area contributed by atoms with E-state index in [1.165, 1.54) is 16.7 Å². The van der Waals surface area contributed by atoms with Crippen LogP contribution in [0, 0.1) is 0 Å². The topological polar surface area (TPSA) is 29.1 Å². The van der Waals surface area contributed by atoms with Crippen LogP contribution in [0.5, 0.6) is 0 Å². The third-order valence-electron chi connectivity index (χ3n) is 4.94. The van der Waals surface area contributed by atoms with Gasteiger partial charge in [-0.2, -0.15) is 0 Å². The minimum Gasteiger partial charge on any atom is -0.348 e. The molecule has 0 aliphatic carbocycles. The lowest BCUT2D eigenvalue weighted by molar-refractivity contribution is -0.115. The maximum absolute atomic E-state index is 13.1. The van der Waals surface area contributed by atoms with Crippen LogP contribution in [0.1, 0.15) is 41.7 Å². The first-order valence-electron chi connectivity index (χ1n) is 9.92. The van der Waals surface area contributed by atoms with Crippen LogP contribution in [0.25, 0.3) is 11.6 Å². The predicted molar refractivity (Wildman–Crippen MR) is 118 cm³/mol. The van der Waals surface area contributed by atoms with E-state index >= 15 is 0 Å². The molecule has 3 rings (SSSR count). The zero-order valence-electron chi connectivity index (χ0n) is 16.6. The van der Waals surface area contributed by atoms with Gasteiger partial charge in [0.15, 0.2) is 0 Å². The smallest absolute Gasteiger partial charge is 0.252 e. The fourth-order valence-corrected chi connectivity index (χ4v) is 3.29. The molecule has 0 unspecified atom stereocenters. The molecule has 0 atom stereocenters. The normalized spacial score (nSPS) is 11.3. The molecule has 1 amide bonds. The van der Waals surface area contributed by atoms with Crippen molar-refractivity contribution in [3.05, 3.63) is 107 Å². The second-order valence-corrected chi connectivity index (χ2v) is 6.83. The number of amides is 1. The standard InChI is InChI=1S/C26H27NO/c1-3-20-15-16-22(4-2)24(17-20)19-27-26(28)25(23-13-9-6-10-14-23)18-21-11-7-5-8-12-21/h5-18H,3-4,19H2,1-2H3,(H,27,28)/b25-18+. The van der Waals surface area contributed by atoms with Crippen LogP contribution in [-0.2, 0) is 24.2 Å². The maximum atomic E-state index is 13.1. The number of carbonyl (C=O) groups is 1. The Kier molecular flexibility index (Phi) is 6.80. The predicted octanol–water partition coefficient (Wildman–Crippen LogP) is 5.67. The number of aryl methyl sites for hydroxylation is 2. The molecule has 0 fully saturated rings. The summed E-state index contributed by atoms with van der Waals surface area (Å²) in [5, 5.41) is 3.14. The SMILES string of the molecule is CCc1ccc(CC)c(CNC(=O)/C(=C/c2ccccc2)c2ccccc2)c1. The summed E-state index contributed by atoms with van der Waals surface area (Å²) in [6.07, 6.45) is 3.91. The van der Waals surface area contributed by atoms with E-state index in [1.54, 1.807) is 0 Å². The van der Waals surface area contributed by atoms with Gasteiger partial charge in [-0.3, -0.25) is 4.79 Å². The van der Waals surface area contributed by atoms with Crippen LogP contribution in [0.3, 0.4) is 0 Å². The first kappa shape index (κ1) is 19.6. The Morgan fingerprint density at radius 2 is 1.50 bits per heavy atom. The van der Waals surface area contributed by atoms with Gasteiger partial charge in [0.2, 0.25) is 0 Å². The Balaban J connectivity index is 1.86. The van der Waals surface area contributed by atoms with Gasteiger partial charge in [-0.1, -0.05) is 92.7 Å². The highest BCUT2D eigenvalue weighted by atomic mass is 16.1. The third-order valence-corrected chi connectivity index (χ3v) is 4.94. The molecule has 3 aromatic rings. The van der Waals surface area contributed by atoms with Crippen molar-refractivity contribution in [1.82, 2.24) is 5.32 Å². The highest BCUT2D eigenvalue weighted by Crippen LogP contribution is 2.19. The molecule has 0 bridgehead atoms. The van der Waals surface area contributed by atoms with Gasteiger partial charge in [0, 0.05) is 12.1 Å². The van der Waals surface area contributed by atoms with Gasteiger partial charge < -0.3 is 5.32 Å². The number of hydrogen-bond acceptors (Lipinski definition) is 1. The Morgan fingerprint density at radius 3 is 2.14 bits per heavy atom. The lowest BCUT2D eigenvalue weighted by Crippen LogP contribution is -2.24. The summed E-state index contributed by atoms with van der Waals surface area (Å²) >= 11 is 0. The van der Waals surface area contributed by atoms with E-state index < -0.39 is 0 Å². The van der Waals surface area contributed by atoms with Gasteiger partial charge >= 0.3 is 0 Å². The van der Waals surface area contributed by atoms with E-state index in [4.69, 9.17) is 0 Å². The molecule has 0 heterocycles. The monoisotopic (exact) mass is 369 g/mol. The number of nitrogens with one attached hydrogen (secondary N) is 1. The molecule has 0 aliphatic heterocycles. The van der Waals surface area contributed by atoms with Crippen LogP contribution >= 0.6 is 0 Å². The third kappa shape index (κ3) is 4.98. The molecular weight excluding hydrogens is 342 g/mol. The van der Waals surface area contributed by atoms with E-state index in [0.29, 0.717) is 12.1 Å². The Morgan fingerprint density at radius 1 is 0.821 bits per heavy atom. The lowest BCUT2D eigenvalue weighted by Gasteiger charge is -2.13. The summed E-state index contributed by atoms with van der Waals surface area (Å²) in [6, 6.07) is 26.4. The molecule has 0 aliphatic rings. The van der Waals surface area contributed by atoms with E-state index in [1.807, 2.05) is 66.7 Å². The van der Waals surface area contributed by atoms with Crippen molar-refractivity contribution in [3.63, 3.8) is 0 Å². The Bertz CT molecular complexity index is 943. The minimum absolute atomic E-state index is 0.0565. The average molecular weight is 370 g/mol. The zero-order valence-corrected chi connectivity index (χ0v) is 16.6. The average Bonchev–Trinajstić information content (AvgIpc) is 2.76. The Labute approximate surface area is 167 Å². The first-order chi connectivity index (χ1) is 13.7. The van der Waals surface area contributed by atoms with E-state index in [0.717, 1.165) is 24.0 Å². The fraction of sp³-hybridized carbons (Fsp3) is 0.192. The number of rotatable bonds is 7. The molecule has 2 nitrogen and oxygen atoms in total. The largest absolute Gasteiger partial charge is 0.348 e. The number of carbonyl (C=O) groups excluding carboxylic acids is 1. The second kappa shape index (κ2) is 9.70. The van der Waals surface area contributed by atoms with Crippen LogP contribution in [0.2, 0.25) is 0 Å². The van der Waals surface area contributed by atoms with Gasteiger partial charge in [-0.25, -0.2) is 0 Å². The van der Waals surface area contributed by atoms with Gasteiger partial charge in [0.1, 0.15) is 0 Å². The molecule has 0 aromatic heterocycles. The summed E-state index contributed by atoms with van der Waals surface area (Å²) in [6.45, 7) is 4.84. The molecule has 0 saturated carbocycles. The van der Waals surface area contributed by atoms with Crippen molar-refractivity contribution in [3.8, 4) is 0 Å². The van der Waals surface area contributed by atoms with Gasteiger partial charge in [0.25, 0.3) is 5.91 Å². The van der Waals surface area contributed by atoms with Crippen LogP contribution in [0.15, 0.2) is 78.9 Å². The molecule has 3 aromatic carbocycles. The van der Waals surface area contributed by atoms with Crippen molar-refractivity contribution in [2.75, 3.05) is 0 Å². The van der Waals surface area contributed by atoms with Crippen molar-refractivity contribution in [2.24, 2.45) is 0 Å². The molecule has 0 saturated heterocycles. The van der Waals surface area contributed by atoms with Crippen LogP contribution in [-0.4, -0.2) is 5.91 Å². The second-order valence-electron chi connectivity index (χ2n) is 6.83. The van der Waals surface area contributed by atoms with Crippen molar-refractivity contribution in [2.45, 2.75) is 33.2 Å². The quantitative estimate of drug-likeness (QED) is 0.422. The van der Waals surface area contributed by atoms with E-state index in [2.05, 4.69) is 37.4 Å². The molecule has 2 heteroatoms. The van der Waals surface area contributed by atoms with Crippen molar-refractivity contribution in [1.29, 1.82) is 0 Å². The number of benzene rings is 3. The molecule has 1 N–H and O–H groups in total. The first-order valence-corrected chi connectivity index (χ1v) is 9.92. The summed E-state index contributed by atoms with van der Waals surface area (Å²) < 4.78 is 0. The lowest BCUT2D eigenvalue weighted by atomic mass is 9.99. The number of hydrogen-bond donors (Lipinski definition) is 1. The highest BCUT2D eigenvalue weighted by molar-refractivity contribution is 6.24. The maximum Gasteiger partial charge on any atom is 0.252 e. The Hall–Kier alpha value is -3.13. The van der Waals surface area contributed by atoms with Crippen LogP contribution in [0.4, 0.5) is 0 Å². The summed E-state index contributed by atoms with van der Waals surface area (Å²) in [4.78, 5) is 13.1. The molecule has 0 radical (unpaired) electrons. The summed E-state index contributed by atoms with van der Waals surface area (Å²) in [7, 11) is 0. The summed E-state index contributed by atoms with van der Waals surface area (Å²) in [5.74, 6) is -0.0565. The molecular formula is C26H27NO. The van der Waals surface area contributed by atoms with Gasteiger partial charge in [-0.05, 0) is 46.7 Å². The van der Waals surface area contributed by atoms with E-state index in [-0.39, 0.29) is 5.91 Å². The molecule has 142 valence electrons. The zero-order chi connectivity index (χ0) is 19.8. The molecule has 28 heavy (non-hydrogen) atoms. The van der Waals surface area contributed by atoms with Gasteiger partial charge in [-0.15, -0.1) is 0 Å². The molecule has 0 spiro atoms. The van der Waals surface area contributed by atoms with Gasteiger partial charge in [0.05, 0.1) is 0 Å². The summed E-state index contributed by atoms with van der Waals surface area (Å²) in [5.41, 5.74) is 6.38. The fourth-order valence-electron chi connectivity index (χ4n) is 3.29. The van der Waals surface area contributed by atoms with Crippen molar-refractivity contribution >= 4 is 17.6 Å². The van der Waals surface area contributed by atoms with Crippen LogP contribution < -0.4 is 5.32 Å². The minimum atomic E-state index is -0.0565.